The number of carbonyl (C=O) groups excluding carboxylic acids is 1. The van der Waals surface area contributed by atoms with E-state index in [1.165, 1.54) is 0 Å². The molecule has 0 unspecified atom stereocenters. The van der Waals surface area contributed by atoms with E-state index in [-0.39, 0.29) is 11.1 Å². The van der Waals surface area contributed by atoms with Crippen molar-refractivity contribution in [3.63, 3.8) is 0 Å². The summed E-state index contributed by atoms with van der Waals surface area (Å²) in [4.78, 5) is 19.0. The Bertz CT molecular complexity index is 1260. The van der Waals surface area contributed by atoms with Crippen LogP contribution in [0.5, 0.6) is 0 Å². The third-order valence-electron chi connectivity index (χ3n) is 5.12. The molecule has 0 aliphatic rings. The van der Waals surface area contributed by atoms with Crippen LogP contribution in [0.2, 0.25) is 0 Å². The highest BCUT2D eigenvalue weighted by Gasteiger charge is 2.12. The van der Waals surface area contributed by atoms with E-state index in [0.29, 0.717) is 5.58 Å². The SMILES string of the molecule is CCN(CC)c1ccc2cc(C(N)=O)/c(=N/c3cccc4ccccc34)oc2c1. The number of primary amides is 1. The minimum absolute atomic E-state index is 0.220. The predicted octanol–water partition coefficient (Wildman–Crippen LogP) is 4.76. The maximum atomic E-state index is 12.1. The molecule has 0 atom stereocenters. The van der Waals surface area contributed by atoms with Gasteiger partial charge < -0.3 is 15.1 Å². The molecule has 4 rings (SSSR count). The van der Waals surface area contributed by atoms with Crippen molar-refractivity contribution in [2.45, 2.75) is 13.8 Å². The molecule has 0 saturated carbocycles. The largest absolute Gasteiger partial charge is 0.437 e. The average molecular weight is 385 g/mol. The van der Waals surface area contributed by atoms with Crippen LogP contribution in [0.15, 0.2) is 76.1 Å². The van der Waals surface area contributed by atoms with E-state index in [2.05, 4.69) is 23.7 Å². The summed E-state index contributed by atoms with van der Waals surface area (Å²) in [5, 5.41) is 2.86. The fraction of sp³-hybridized carbons (Fsp3) is 0.167. The Kier molecular flexibility index (Phi) is 5.04. The lowest BCUT2D eigenvalue weighted by Crippen LogP contribution is -2.23. The van der Waals surface area contributed by atoms with Crippen molar-refractivity contribution >= 4 is 39.0 Å². The highest BCUT2D eigenvalue weighted by Crippen LogP contribution is 2.26. The number of benzene rings is 3. The van der Waals surface area contributed by atoms with E-state index in [0.717, 1.165) is 40.6 Å². The zero-order valence-corrected chi connectivity index (χ0v) is 16.6. The molecule has 0 spiro atoms. The first-order valence-corrected chi connectivity index (χ1v) is 9.76. The second kappa shape index (κ2) is 7.80. The molecule has 0 fully saturated rings. The van der Waals surface area contributed by atoms with E-state index in [1.54, 1.807) is 6.07 Å². The van der Waals surface area contributed by atoms with Crippen LogP contribution < -0.4 is 16.2 Å². The molecule has 0 radical (unpaired) electrons. The van der Waals surface area contributed by atoms with Crippen LogP contribution in [0.4, 0.5) is 11.4 Å². The Morgan fingerprint density at radius 2 is 1.72 bits per heavy atom. The Labute approximate surface area is 169 Å². The molecule has 0 aliphatic heterocycles. The van der Waals surface area contributed by atoms with Gasteiger partial charge in [-0.2, -0.15) is 0 Å². The smallest absolute Gasteiger partial charge is 0.254 e. The lowest BCUT2D eigenvalue weighted by Gasteiger charge is -2.21. The molecule has 0 aliphatic carbocycles. The van der Waals surface area contributed by atoms with Crippen LogP contribution in [0.3, 0.4) is 0 Å². The van der Waals surface area contributed by atoms with E-state index in [4.69, 9.17) is 10.2 Å². The van der Waals surface area contributed by atoms with Crippen LogP contribution >= 0.6 is 0 Å². The quantitative estimate of drug-likeness (QED) is 0.538. The van der Waals surface area contributed by atoms with Gasteiger partial charge in [-0.25, -0.2) is 4.99 Å². The Morgan fingerprint density at radius 1 is 0.966 bits per heavy atom. The number of anilines is 1. The summed E-state index contributed by atoms with van der Waals surface area (Å²) in [5.74, 6) is -0.567. The number of amides is 1. The molecule has 5 nitrogen and oxygen atoms in total. The highest BCUT2D eigenvalue weighted by atomic mass is 16.3. The third kappa shape index (κ3) is 3.59. The molecule has 1 heterocycles. The van der Waals surface area contributed by atoms with Crippen molar-refractivity contribution in [2.75, 3.05) is 18.0 Å². The molecule has 4 aromatic rings. The lowest BCUT2D eigenvalue weighted by molar-refractivity contribution is 0.0996. The van der Waals surface area contributed by atoms with Crippen molar-refractivity contribution in [1.29, 1.82) is 0 Å². The molecule has 1 amide bonds. The fourth-order valence-corrected chi connectivity index (χ4v) is 3.57. The van der Waals surface area contributed by atoms with Gasteiger partial charge in [-0.3, -0.25) is 4.79 Å². The summed E-state index contributed by atoms with van der Waals surface area (Å²) in [7, 11) is 0. The Morgan fingerprint density at radius 3 is 2.48 bits per heavy atom. The van der Waals surface area contributed by atoms with E-state index >= 15 is 0 Å². The maximum absolute atomic E-state index is 12.1. The van der Waals surface area contributed by atoms with Crippen LogP contribution in [0.1, 0.15) is 24.2 Å². The standard InChI is InChI=1S/C24H23N3O2/c1-3-27(4-2)18-13-12-17-14-20(23(25)28)24(29-22(17)15-18)26-21-11-7-9-16-8-5-6-10-19(16)21/h5-15H,3-4H2,1-2H3,(H2,25,28)/b26-24-. The molecular formula is C24H23N3O2. The van der Waals surface area contributed by atoms with Crippen molar-refractivity contribution in [2.24, 2.45) is 10.7 Å². The lowest BCUT2D eigenvalue weighted by atomic mass is 10.1. The number of nitrogens with two attached hydrogens (primary N) is 1. The van der Waals surface area contributed by atoms with Gasteiger partial charge in [0, 0.05) is 35.6 Å². The monoisotopic (exact) mass is 385 g/mol. The second-order valence-electron chi connectivity index (χ2n) is 6.83. The van der Waals surface area contributed by atoms with Crippen molar-refractivity contribution < 1.29 is 9.21 Å². The summed E-state index contributed by atoms with van der Waals surface area (Å²) in [6.45, 7) is 6.02. The number of rotatable bonds is 5. The van der Waals surface area contributed by atoms with Gasteiger partial charge in [0.1, 0.15) is 11.1 Å². The van der Waals surface area contributed by atoms with Gasteiger partial charge in [-0.05, 0) is 43.5 Å². The summed E-state index contributed by atoms with van der Waals surface area (Å²) >= 11 is 0. The molecule has 0 saturated heterocycles. The summed E-state index contributed by atoms with van der Waals surface area (Å²) in [6, 6.07) is 21.5. The topological polar surface area (TPSA) is 71.8 Å². The average Bonchev–Trinajstić information content (AvgIpc) is 2.74. The number of carbonyl (C=O) groups is 1. The molecule has 0 bridgehead atoms. The van der Waals surface area contributed by atoms with Gasteiger partial charge >= 0.3 is 0 Å². The molecule has 1 aromatic heterocycles. The normalized spacial score (nSPS) is 11.9. The van der Waals surface area contributed by atoms with Crippen LogP contribution in [0.25, 0.3) is 21.7 Å². The van der Waals surface area contributed by atoms with Crippen LogP contribution in [-0.4, -0.2) is 19.0 Å². The molecular weight excluding hydrogens is 362 g/mol. The molecule has 2 N–H and O–H groups in total. The van der Waals surface area contributed by atoms with Crippen LogP contribution in [0, 0.1) is 0 Å². The minimum atomic E-state index is -0.567. The molecule has 5 heteroatoms. The summed E-state index contributed by atoms with van der Waals surface area (Å²) < 4.78 is 6.09. The zero-order chi connectivity index (χ0) is 20.4. The second-order valence-corrected chi connectivity index (χ2v) is 6.83. The number of nitrogens with zero attached hydrogens (tertiary/aromatic N) is 2. The zero-order valence-electron chi connectivity index (χ0n) is 16.6. The van der Waals surface area contributed by atoms with Crippen molar-refractivity contribution in [3.05, 3.63) is 77.8 Å². The Balaban J connectivity index is 1.97. The van der Waals surface area contributed by atoms with Crippen molar-refractivity contribution in [3.8, 4) is 0 Å². The van der Waals surface area contributed by atoms with Gasteiger partial charge in [0.05, 0.1) is 5.69 Å². The summed E-state index contributed by atoms with van der Waals surface area (Å²) in [6.07, 6.45) is 0. The predicted molar refractivity (Wildman–Crippen MR) is 117 cm³/mol. The van der Waals surface area contributed by atoms with Gasteiger partial charge in [0.15, 0.2) is 0 Å². The van der Waals surface area contributed by atoms with Gasteiger partial charge in [0.2, 0.25) is 5.55 Å². The molecule has 29 heavy (non-hydrogen) atoms. The number of hydrogen-bond acceptors (Lipinski definition) is 4. The van der Waals surface area contributed by atoms with Gasteiger partial charge in [-0.1, -0.05) is 36.4 Å². The third-order valence-corrected chi connectivity index (χ3v) is 5.12. The first-order valence-electron chi connectivity index (χ1n) is 9.76. The number of fused-ring (bicyclic) bond motifs is 2. The first-order chi connectivity index (χ1) is 14.1. The van der Waals surface area contributed by atoms with Gasteiger partial charge in [-0.15, -0.1) is 0 Å². The van der Waals surface area contributed by atoms with Crippen LogP contribution in [-0.2, 0) is 0 Å². The van der Waals surface area contributed by atoms with E-state index in [1.807, 2.05) is 60.7 Å². The van der Waals surface area contributed by atoms with Gasteiger partial charge in [0.25, 0.3) is 5.91 Å². The maximum Gasteiger partial charge on any atom is 0.254 e. The highest BCUT2D eigenvalue weighted by molar-refractivity contribution is 5.96. The molecule has 146 valence electrons. The Hall–Kier alpha value is -3.60. The minimum Gasteiger partial charge on any atom is -0.437 e. The first kappa shape index (κ1) is 18.7. The van der Waals surface area contributed by atoms with E-state index in [9.17, 15) is 4.79 Å². The number of hydrogen-bond donors (Lipinski definition) is 1. The summed E-state index contributed by atoms with van der Waals surface area (Å²) in [5.41, 5.74) is 8.57. The fourth-order valence-electron chi connectivity index (χ4n) is 3.57. The van der Waals surface area contributed by atoms with Crippen molar-refractivity contribution in [1.82, 2.24) is 0 Å². The van der Waals surface area contributed by atoms with E-state index < -0.39 is 5.91 Å². The molecule has 3 aromatic carbocycles.